The molecule has 0 saturated carbocycles. The van der Waals surface area contributed by atoms with Crippen molar-refractivity contribution < 1.29 is 13.2 Å². The normalized spacial score (nSPS) is 18.3. The van der Waals surface area contributed by atoms with Gasteiger partial charge in [0, 0.05) is 10.7 Å². The topological polar surface area (TPSA) is 54.5 Å². The Morgan fingerprint density at radius 3 is 2.26 bits per heavy atom. The van der Waals surface area contributed by atoms with E-state index in [1.807, 2.05) is 0 Å². The summed E-state index contributed by atoms with van der Waals surface area (Å²) in [7, 11) is -3.85. The summed E-state index contributed by atoms with van der Waals surface area (Å²) < 4.78 is 26.0. The Labute approximate surface area is 117 Å². The molecule has 0 saturated heterocycles. The lowest BCUT2D eigenvalue weighted by molar-refractivity contribution is -0.104. The molecule has 0 radical (unpaired) electrons. The van der Waals surface area contributed by atoms with Crippen LogP contribution in [-0.2, 0) is 14.8 Å². The van der Waals surface area contributed by atoms with Gasteiger partial charge in [-0.05, 0) is 49.8 Å². The Kier molecular flexibility index (Phi) is 3.52. The summed E-state index contributed by atoms with van der Waals surface area (Å²) in [6.45, 7) is 3.28. The number of nitrogens with zero attached hydrogens (tertiary/aromatic N) is 1. The van der Waals surface area contributed by atoms with Crippen molar-refractivity contribution in [2.75, 3.05) is 4.31 Å². The Bertz CT molecular complexity index is 687. The number of carbonyl (C=O) groups is 1. The predicted molar refractivity (Wildman–Crippen MR) is 75.4 cm³/mol. The van der Waals surface area contributed by atoms with Gasteiger partial charge in [0.1, 0.15) is 4.91 Å². The van der Waals surface area contributed by atoms with Gasteiger partial charge in [0.2, 0.25) is 0 Å². The van der Waals surface area contributed by atoms with E-state index in [-0.39, 0.29) is 4.91 Å². The second-order valence-electron chi connectivity index (χ2n) is 4.20. The standard InChI is InChI=1S/C13H12ClNO3S/c1-9-7-10(2)15(19(17,18)13(9)8-16)12-5-3-11(14)4-6-12/h3-8H,1-2H3. The average Bonchev–Trinajstić information content (AvgIpc) is 2.30. The highest BCUT2D eigenvalue weighted by Gasteiger charge is 2.32. The molecule has 0 unspecified atom stereocenters. The lowest BCUT2D eigenvalue weighted by atomic mass is 10.2. The SMILES string of the molecule is CC1=CC(C)=C(C=O)S(=O)(=O)N1c1ccc(Cl)cc1. The zero-order valence-electron chi connectivity index (χ0n) is 10.4. The maximum Gasteiger partial charge on any atom is 0.271 e. The number of rotatable bonds is 2. The zero-order valence-corrected chi connectivity index (χ0v) is 12.0. The lowest BCUT2D eigenvalue weighted by Crippen LogP contribution is -2.33. The molecule has 19 heavy (non-hydrogen) atoms. The molecule has 0 atom stereocenters. The molecule has 1 aliphatic heterocycles. The second kappa shape index (κ2) is 4.83. The number of allylic oxidation sites excluding steroid dienone is 4. The molecule has 0 fully saturated rings. The highest BCUT2D eigenvalue weighted by atomic mass is 35.5. The van der Waals surface area contributed by atoms with Gasteiger partial charge in [-0.15, -0.1) is 0 Å². The van der Waals surface area contributed by atoms with E-state index >= 15 is 0 Å². The summed E-state index contributed by atoms with van der Waals surface area (Å²) in [4.78, 5) is 10.8. The maximum absolute atomic E-state index is 12.4. The van der Waals surface area contributed by atoms with Gasteiger partial charge in [-0.1, -0.05) is 11.6 Å². The molecule has 1 heterocycles. The molecule has 0 spiro atoms. The monoisotopic (exact) mass is 297 g/mol. The molecule has 1 aromatic carbocycles. The lowest BCUT2D eigenvalue weighted by Gasteiger charge is -2.28. The van der Waals surface area contributed by atoms with Gasteiger partial charge in [0.05, 0.1) is 5.69 Å². The molecule has 0 aliphatic carbocycles. The first-order chi connectivity index (χ1) is 8.87. The zero-order chi connectivity index (χ0) is 14.2. The first-order valence-corrected chi connectivity index (χ1v) is 7.35. The van der Waals surface area contributed by atoms with E-state index < -0.39 is 10.0 Å². The second-order valence-corrected chi connectivity index (χ2v) is 6.39. The van der Waals surface area contributed by atoms with Crippen LogP contribution >= 0.6 is 11.6 Å². The number of carbonyl (C=O) groups excluding carboxylic acids is 1. The van der Waals surface area contributed by atoms with Crippen molar-refractivity contribution in [1.82, 2.24) is 0 Å². The van der Waals surface area contributed by atoms with Crippen LogP contribution in [0.15, 0.2) is 46.5 Å². The Hall–Kier alpha value is -1.59. The van der Waals surface area contributed by atoms with E-state index in [1.54, 1.807) is 44.2 Å². The minimum Gasteiger partial charge on any atom is -0.297 e. The molecule has 2 rings (SSSR count). The van der Waals surface area contributed by atoms with Gasteiger partial charge in [-0.2, -0.15) is 0 Å². The molecule has 100 valence electrons. The van der Waals surface area contributed by atoms with Crippen LogP contribution in [-0.4, -0.2) is 14.7 Å². The van der Waals surface area contributed by atoms with Crippen molar-refractivity contribution in [1.29, 1.82) is 0 Å². The van der Waals surface area contributed by atoms with Crippen LogP contribution in [0.25, 0.3) is 0 Å². The number of hydrogen-bond donors (Lipinski definition) is 0. The number of aldehydes is 1. The van der Waals surface area contributed by atoms with Crippen LogP contribution < -0.4 is 4.31 Å². The van der Waals surface area contributed by atoms with E-state index in [0.717, 1.165) is 4.31 Å². The van der Waals surface area contributed by atoms with Crippen LogP contribution in [0.4, 0.5) is 5.69 Å². The molecular weight excluding hydrogens is 286 g/mol. The summed E-state index contributed by atoms with van der Waals surface area (Å²) in [5, 5.41) is 0.516. The highest BCUT2D eigenvalue weighted by Crippen LogP contribution is 2.32. The fraction of sp³-hybridized carbons (Fsp3) is 0.154. The Morgan fingerprint density at radius 1 is 1.16 bits per heavy atom. The summed E-state index contributed by atoms with van der Waals surface area (Å²) in [5.74, 6) is 0. The maximum atomic E-state index is 12.4. The molecule has 0 bridgehead atoms. The molecule has 0 aromatic heterocycles. The highest BCUT2D eigenvalue weighted by molar-refractivity contribution is 7.97. The number of benzene rings is 1. The van der Waals surface area contributed by atoms with Crippen LogP contribution in [0.2, 0.25) is 5.02 Å². The fourth-order valence-corrected chi connectivity index (χ4v) is 3.75. The van der Waals surface area contributed by atoms with Crippen molar-refractivity contribution in [2.24, 2.45) is 0 Å². The van der Waals surface area contributed by atoms with Gasteiger partial charge < -0.3 is 0 Å². The molecule has 6 heteroatoms. The van der Waals surface area contributed by atoms with Crippen LogP contribution in [0, 0.1) is 0 Å². The summed E-state index contributed by atoms with van der Waals surface area (Å²) >= 11 is 5.79. The van der Waals surface area contributed by atoms with Crippen LogP contribution in [0.5, 0.6) is 0 Å². The Balaban J connectivity index is 2.63. The van der Waals surface area contributed by atoms with Gasteiger partial charge in [0.15, 0.2) is 6.29 Å². The van der Waals surface area contributed by atoms with Gasteiger partial charge in [-0.25, -0.2) is 12.7 Å². The summed E-state index contributed by atoms with van der Waals surface area (Å²) in [6.07, 6.45) is 2.04. The third-order valence-corrected chi connectivity index (χ3v) is 5.03. The smallest absolute Gasteiger partial charge is 0.271 e. The molecule has 1 aromatic rings. The van der Waals surface area contributed by atoms with Crippen molar-refractivity contribution >= 4 is 33.6 Å². The third kappa shape index (κ3) is 2.31. The Morgan fingerprint density at radius 2 is 1.74 bits per heavy atom. The molecule has 1 aliphatic rings. The van der Waals surface area contributed by atoms with Crippen molar-refractivity contribution in [2.45, 2.75) is 13.8 Å². The number of hydrogen-bond acceptors (Lipinski definition) is 3. The third-order valence-electron chi connectivity index (χ3n) is 2.82. The van der Waals surface area contributed by atoms with Gasteiger partial charge in [0.25, 0.3) is 10.0 Å². The van der Waals surface area contributed by atoms with E-state index in [4.69, 9.17) is 11.6 Å². The molecular formula is C13H12ClNO3S. The quantitative estimate of drug-likeness (QED) is 0.789. The first-order valence-electron chi connectivity index (χ1n) is 5.53. The number of sulfonamides is 1. The van der Waals surface area contributed by atoms with Crippen LogP contribution in [0.3, 0.4) is 0 Å². The minimum absolute atomic E-state index is 0.215. The largest absolute Gasteiger partial charge is 0.297 e. The van der Waals surface area contributed by atoms with Gasteiger partial charge in [-0.3, -0.25) is 4.79 Å². The van der Waals surface area contributed by atoms with E-state index in [0.29, 0.717) is 28.3 Å². The van der Waals surface area contributed by atoms with Crippen molar-refractivity contribution in [3.63, 3.8) is 0 Å². The van der Waals surface area contributed by atoms with Gasteiger partial charge >= 0.3 is 0 Å². The van der Waals surface area contributed by atoms with Crippen molar-refractivity contribution in [3.8, 4) is 0 Å². The number of anilines is 1. The average molecular weight is 298 g/mol. The predicted octanol–water partition coefficient (Wildman–Crippen LogP) is 2.87. The molecule has 0 amide bonds. The van der Waals surface area contributed by atoms with E-state index in [1.165, 1.54) is 0 Å². The summed E-state index contributed by atoms with van der Waals surface area (Å²) in [5.41, 5.74) is 1.42. The first kappa shape index (κ1) is 13.8. The minimum atomic E-state index is -3.85. The molecule has 0 N–H and O–H groups in total. The van der Waals surface area contributed by atoms with Crippen LogP contribution in [0.1, 0.15) is 13.8 Å². The fourth-order valence-electron chi connectivity index (χ4n) is 2.01. The van der Waals surface area contributed by atoms with E-state index in [2.05, 4.69) is 0 Å². The summed E-state index contributed by atoms with van der Waals surface area (Å²) in [6, 6.07) is 6.40. The number of halogens is 1. The molecule has 4 nitrogen and oxygen atoms in total. The van der Waals surface area contributed by atoms with Crippen molar-refractivity contribution in [3.05, 3.63) is 51.5 Å². The van der Waals surface area contributed by atoms with E-state index in [9.17, 15) is 13.2 Å².